The average Bonchev–Trinajstić information content (AvgIpc) is 2.71. The van der Waals surface area contributed by atoms with E-state index in [1.165, 1.54) is 0 Å². The molecule has 2 aromatic carbocycles. The van der Waals surface area contributed by atoms with Gasteiger partial charge in [-0.25, -0.2) is 4.79 Å². The number of nitrogens with one attached hydrogen (secondary N) is 1. The molecular weight excluding hydrogens is 384 g/mol. The van der Waals surface area contributed by atoms with Crippen LogP contribution in [0.1, 0.15) is 40.1 Å². The summed E-state index contributed by atoms with van der Waals surface area (Å²) in [6.45, 7) is 6.26. The van der Waals surface area contributed by atoms with Gasteiger partial charge in [0.15, 0.2) is 6.61 Å². The first-order valence-corrected chi connectivity index (χ1v) is 9.91. The highest BCUT2D eigenvalue weighted by Gasteiger charge is 2.26. The fraction of sp³-hybridized carbons (Fsp3) is 0.348. The predicted molar refractivity (Wildman–Crippen MR) is 112 cm³/mol. The smallest absolute Gasteiger partial charge is 0.340 e. The molecule has 1 N–H and O–H groups in total. The highest BCUT2D eigenvalue weighted by Crippen LogP contribution is 2.18. The molecule has 1 aliphatic rings. The van der Waals surface area contributed by atoms with Gasteiger partial charge in [-0.2, -0.15) is 0 Å². The van der Waals surface area contributed by atoms with Crippen LogP contribution in [0, 0.1) is 6.92 Å². The third-order valence-electron chi connectivity index (χ3n) is 4.77. The molecule has 0 bridgehead atoms. The van der Waals surface area contributed by atoms with Crippen molar-refractivity contribution in [2.45, 2.75) is 33.0 Å². The normalized spacial score (nSPS) is 18.6. The summed E-state index contributed by atoms with van der Waals surface area (Å²) in [6, 6.07) is 13.7. The van der Waals surface area contributed by atoms with Gasteiger partial charge in [-0.05, 0) is 45.0 Å². The standard InChI is InChI=1S/C23H26N2O5/c1-15-7-6-8-18(11-15)22(27)24-20-10-5-4-9-19(20)23(28)29-14-21(26)25-12-16(2)30-17(3)13-25/h4-11,16-17H,12-14H2,1-3H3,(H,24,27)/t16-,17-/m1/s1. The zero-order valence-corrected chi connectivity index (χ0v) is 17.4. The summed E-state index contributed by atoms with van der Waals surface area (Å²) in [5.41, 5.74) is 1.97. The minimum Gasteiger partial charge on any atom is -0.452 e. The number of ether oxygens (including phenoxy) is 2. The number of carbonyl (C=O) groups is 3. The van der Waals surface area contributed by atoms with Crippen molar-refractivity contribution in [3.63, 3.8) is 0 Å². The lowest BCUT2D eigenvalue weighted by Gasteiger charge is -2.35. The molecule has 158 valence electrons. The molecule has 2 atom stereocenters. The predicted octanol–water partition coefficient (Wildman–Crippen LogP) is 3.04. The molecule has 1 fully saturated rings. The van der Waals surface area contributed by atoms with Crippen molar-refractivity contribution < 1.29 is 23.9 Å². The number of hydrogen-bond acceptors (Lipinski definition) is 5. The highest BCUT2D eigenvalue weighted by atomic mass is 16.5. The van der Waals surface area contributed by atoms with Gasteiger partial charge in [0, 0.05) is 18.7 Å². The van der Waals surface area contributed by atoms with Crippen molar-refractivity contribution in [1.82, 2.24) is 4.90 Å². The fourth-order valence-electron chi connectivity index (χ4n) is 3.43. The molecule has 30 heavy (non-hydrogen) atoms. The van der Waals surface area contributed by atoms with Gasteiger partial charge in [-0.3, -0.25) is 9.59 Å². The number of carbonyl (C=O) groups excluding carboxylic acids is 3. The number of hydrogen-bond donors (Lipinski definition) is 1. The summed E-state index contributed by atoms with van der Waals surface area (Å²) in [5, 5.41) is 2.75. The van der Waals surface area contributed by atoms with Crippen LogP contribution >= 0.6 is 0 Å². The van der Waals surface area contributed by atoms with Gasteiger partial charge >= 0.3 is 5.97 Å². The van der Waals surface area contributed by atoms with Crippen LogP contribution in [0.4, 0.5) is 5.69 Å². The Morgan fingerprint density at radius 3 is 2.47 bits per heavy atom. The van der Waals surface area contributed by atoms with Gasteiger partial charge < -0.3 is 19.7 Å². The zero-order valence-electron chi connectivity index (χ0n) is 17.4. The van der Waals surface area contributed by atoms with E-state index in [0.717, 1.165) is 5.56 Å². The molecule has 1 heterocycles. The average molecular weight is 410 g/mol. The van der Waals surface area contributed by atoms with Gasteiger partial charge in [0.25, 0.3) is 11.8 Å². The van der Waals surface area contributed by atoms with E-state index in [2.05, 4.69) is 5.32 Å². The molecule has 3 rings (SSSR count). The van der Waals surface area contributed by atoms with E-state index >= 15 is 0 Å². The molecule has 0 aromatic heterocycles. The molecule has 2 amide bonds. The third-order valence-corrected chi connectivity index (χ3v) is 4.77. The van der Waals surface area contributed by atoms with E-state index < -0.39 is 5.97 Å². The number of amides is 2. The maximum atomic E-state index is 12.6. The number of esters is 1. The lowest BCUT2D eigenvalue weighted by molar-refractivity contribution is -0.146. The van der Waals surface area contributed by atoms with E-state index in [9.17, 15) is 14.4 Å². The molecule has 0 saturated carbocycles. The number of anilines is 1. The van der Waals surface area contributed by atoms with E-state index in [1.807, 2.05) is 26.8 Å². The van der Waals surface area contributed by atoms with Crippen LogP contribution in [-0.2, 0) is 14.3 Å². The van der Waals surface area contributed by atoms with Gasteiger partial charge in [-0.15, -0.1) is 0 Å². The van der Waals surface area contributed by atoms with Crippen molar-refractivity contribution in [1.29, 1.82) is 0 Å². The molecule has 7 heteroatoms. The fourth-order valence-corrected chi connectivity index (χ4v) is 3.43. The second kappa shape index (κ2) is 9.54. The summed E-state index contributed by atoms with van der Waals surface area (Å²) in [7, 11) is 0. The summed E-state index contributed by atoms with van der Waals surface area (Å²) in [4.78, 5) is 39.2. The lowest BCUT2D eigenvalue weighted by atomic mass is 10.1. The minimum absolute atomic E-state index is 0.0639. The van der Waals surface area contributed by atoms with Crippen LogP contribution in [0.15, 0.2) is 48.5 Å². The second-order valence-corrected chi connectivity index (χ2v) is 7.50. The largest absolute Gasteiger partial charge is 0.452 e. The van der Waals surface area contributed by atoms with Crippen molar-refractivity contribution in [3.8, 4) is 0 Å². The first-order valence-electron chi connectivity index (χ1n) is 9.91. The van der Waals surface area contributed by atoms with Gasteiger partial charge in [0.2, 0.25) is 0 Å². The van der Waals surface area contributed by atoms with Crippen LogP contribution in [-0.4, -0.2) is 54.6 Å². The van der Waals surface area contributed by atoms with Crippen LogP contribution in [0.5, 0.6) is 0 Å². The van der Waals surface area contributed by atoms with Gasteiger partial charge in [0.1, 0.15) is 0 Å². The number of rotatable bonds is 5. The summed E-state index contributed by atoms with van der Waals surface area (Å²) < 4.78 is 10.9. The number of nitrogens with zero attached hydrogens (tertiary/aromatic N) is 1. The van der Waals surface area contributed by atoms with E-state index in [4.69, 9.17) is 9.47 Å². The molecule has 7 nitrogen and oxygen atoms in total. The SMILES string of the molecule is Cc1cccc(C(=O)Nc2ccccc2C(=O)OCC(=O)N2C[C@@H](C)O[C@H](C)C2)c1. The Labute approximate surface area is 176 Å². The molecule has 0 unspecified atom stereocenters. The number of morpholine rings is 1. The number of aryl methyl sites for hydroxylation is 1. The Morgan fingerprint density at radius 2 is 1.77 bits per heavy atom. The summed E-state index contributed by atoms with van der Waals surface area (Å²) in [6.07, 6.45) is -0.128. The highest BCUT2D eigenvalue weighted by molar-refractivity contribution is 6.08. The van der Waals surface area contributed by atoms with Crippen LogP contribution in [0.3, 0.4) is 0 Å². The zero-order chi connectivity index (χ0) is 21.7. The van der Waals surface area contributed by atoms with Gasteiger partial charge in [-0.1, -0.05) is 29.8 Å². The maximum Gasteiger partial charge on any atom is 0.340 e. The summed E-state index contributed by atoms with van der Waals surface area (Å²) in [5.74, 6) is -1.27. The van der Waals surface area contributed by atoms with E-state index in [-0.39, 0.29) is 36.2 Å². The van der Waals surface area contributed by atoms with Crippen LogP contribution < -0.4 is 5.32 Å². The first-order chi connectivity index (χ1) is 14.3. The van der Waals surface area contributed by atoms with Crippen molar-refractivity contribution in [3.05, 3.63) is 65.2 Å². The molecular formula is C23H26N2O5. The molecule has 0 radical (unpaired) electrons. The van der Waals surface area contributed by atoms with Crippen molar-refractivity contribution >= 4 is 23.5 Å². The number of benzene rings is 2. The number of para-hydroxylation sites is 1. The molecule has 1 aliphatic heterocycles. The Kier molecular flexibility index (Phi) is 6.84. The maximum absolute atomic E-state index is 12.6. The van der Waals surface area contributed by atoms with E-state index in [0.29, 0.717) is 24.3 Å². The lowest BCUT2D eigenvalue weighted by Crippen LogP contribution is -2.49. The Morgan fingerprint density at radius 1 is 1.07 bits per heavy atom. The topological polar surface area (TPSA) is 84.9 Å². The van der Waals surface area contributed by atoms with Crippen molar-refractivity contribution in [2.24, 2.45) is 0 Å². The monoisotopic (exact) mass is 410 g/mol. The summed E-state index contributed by atoms with van der Waals surface area (Å²) >= 11 is 0. The second-order valence-electron chi connectivity index (χ2n) is 7.50. The molecule has 1 saturated heterocycles. The van der Waals surface area contributed by atoms with Gasteiger partial charge in [0.05, 0.1) is 23.5 Å². The van der Waals surface area contributed by atoms with Crippen molar-refractivity contribution in [2.75, 3.05) is 25.0 Å². The Bertz CT molecular complexity index is 933. The quantitative estimate of drug-likeness (QED) is 0.766. The Hall–Kier alpha value is -3.19. The molecule has 2 aromatic rings. The minimum atomic E-state index is -0.669. The molecule has 0 spiro atoms. The van der Waals surface area contributed by atoms with E-state index in [1.54, 1.807) is 47.4 Å². The first kappa shape index (κ1) is 21.5. The molecule has 0 aliphatic carbocycles. The Balaban J connectivity index is 1.64. The van der Waals surface area contributed by atoms with Crippen LogP contribution in [0.25, 0.3) is 0 Å². The van der Waals surface area contributed by atoms with Crippen LogP contribution in [0.2, 0.25) is 0 Å². The third kappa shape index (κ3) is 5.45.